The summed E-state index contributed by atoms with van der Waals surface area (Å²) in [5, 5.41) is 0. The third kappa shape index (κ3) is 5.97. The number of nitrogens with one attached hydrogen (secondary N) is 1. The van der Waals surface area contributed by atoms with Gasteiger partial charge in [-0.25, -0.2) is 0 Å². The van der Waals surface area contributed by atoms with Crippen molar-refractivity contribution < 1.29 is 14.4 Å². The lowest BCUT2D eigenvalue weighted by atomic mass is 10.4. The summed E-state index contributed by atoms with van der Waals surface area (Å²) in [6, 6.07) is 0. The molecule has 0 spiro atoms. The summed E-state index contributed by atoms with van der Waals surface area (Å²) < 4.78 is 4.95. The molecular weight excluding hydrogens is 134 g/mol. The standard InChI is InChI=1S/C6H13NO3/c1-4-9-6(2)5-10-7-8-3/h6-7H,1-2,4-5H2,3H3. The van der Waals surface area contributed by atoms with E-state index in [0.717, 1.165) is 0 Å². The van der Waals surface area contributed by atoms with Gasteiger partial charge in [-0.2, -0.15) is 0 Å². The van der Waals surface area contributed by atoms with Crippen molar-refractivity contribution in [3.8, 4) is 0 Å². The normalized spacial score (nSPS) is 13.5. The first-order valence-corrected chi connectivity index (χ1v) is 2.95. The Kier molecular flexibility index (Phi) is 6.84. The third-order valence-electron chi connectivity index (χ3n) is 0.765. The molecule has 0 amide bonds. The van der Waals surface area contributed by atoms with Gasteiger partial charge in [-0.1, -0.05) is 5.64 Å². The van der Waals surface area contributed by atoms with Crippen LogP contribution in [0.25, 0.3) is 0 Å². The van der Waals surface area contributed by atoms with Crippen LogP contribution in [0.5, 0.6) is 0 Å². The summed E-state index contributed by atoms with van der Waals surface area (Å²) in [4.78, 5) is 9.11. The van der Waals surface area contributed by atoms with Crippen molar-refractivity contribution in [2.45, 2.75) is 6.10 Å². The molecule has 0 aromatic rings. The van der Waals surface area contributed by atoms with Crippen LogP contribution in [0.2, 0.25) is 0 Å². The first-order chi connectivity index (χ1) is 4.81. The Labute approximate surface area is 61.4 Å². The van der Waals surface area contributed by atoms with E-state index in [4.69, 9.17) is 9.57 Å². The summed E-state index contributed by atoms with van der Waals surface area (Å²) in [5.41, 5.74) is 2.20. The van der Waals surface area contributed by atoms with Gasteiger partial charge in [0.05, 0.1) is 19.8 Å². The summed E-state index contributed by atoms with van der Waals surface area (Å²) in [6.07, 6.45) is -0.208. The highest BCUT2D eigenvalue weighted by atomic mass is 16.9. The maximum absolute atomic E-state index is 4.95. The van der Waals surface area contributed by atoms with Crippen molar-refractivity contribution in [1.29, 1.82) is 0 Å². The van der Waals surface area contributed by atoms with Gasteiger partial charge in [-0.3, -0.25) is 9.68 Å². The Balaban J connectivity index is 2.97. The number of hydrogen-bond donors (Lipinski definition) is 1. The maximum atomic E-state index is 4.95. The van der Waals surface area contributed by atoms with E-state index in [1.807, 2.05) is 0 Å². The van der Waals surface area contributed by atoms with E-state index in [0.29, 0.717) is 13.2 Å². The minimum Gasteiger partial charge on any atom is -0.376 e. The molecule has 0 aliphatic heterocycles. The fourth-order valence-corrected chi connectivity index (χ4v) is 0.401. The third-order valence-corrected chi connectivity index (χ3v) is 0.765. The van der Waals surface area contributed by atoms with E-state index in [2.05, 4.69) is 24.3 Å². The van der Waals surface area contributed by atoms with E-state index >= 15 is 0 Å². The van der Waals surface area contributed by atoms with Crippen LogP contribution in [0.3, 0.4) is 0 Å². The summed E-state index contributed by atoms with van der Waals surface area (Å²) in [6.45, 7) is 7.83. The Morgan fingerprint density at radius 1 is 1.60 bits per heavy atom. The molecule has 4 heteroatoms. The fraction of sp³-hybridized carbons (Fsp3) is 0.667. The zero-order valence-electron chi connectivity index (χ0n) is 6.13. The molecule has 0 bridgehead atoms. The summed E-state index contributed by atoms with van der Waals surface area (Å²) in [7, 11) is 1.46. The molecule has 0 aliphatic carbocycles. The predicted molar refractivity (Wildman–Crippen MR) is 36.6 cm³/mol. The lowest BCUT2D eigenvalue weighted by molar-refractivity contribution is -0.167. The molecule has 0 aromatic heterocycles. The molecule has 60 valence electrons. The second-order valence-corrected chi connectivity index (χ2v) is 1.59. The molecule has 1 unspecified atom stereocenters. The van der Waals surface area contributed by atoms with Gasteiger partial charge in [0.1, 0.15) is 0 Å². The molecular formula is C6H13NO3. The van der Waals surface area contributed by atoms with Gasteiger partial charge in [0.2, 0.25) is 0 Å². The van der Waals surface area contributed by atoms with Gasteiger partial charge in [0.25, 0.3) is 0 Å². The topological polar surface area (TPSA) is 39.7 Å². The molecule has 0 saturated carbocycles. The largest absolute Gasteiger partial charge is 0.376 e. The highest BCUT2D eigenvalue weighted by Gasteiger charge is 1.99. The van der Waals surface area contributed by atoms with Crippen molar-refractivity contribution >= 4 is 0 Å². The minimum absolute atomic E-state index is 0.208. The van der Waals surface area contributed by atoms with Crippen LogP contribution in [0.15, 0.2) is 0 Å². The number of ether oxygens (including phenoxy) is 1. The van der Waals surface area contributed by atoms with Gasteiger partial charge < -0.3 is 4.74 Å². The van der Waals surface area contributed by atoms with E-state index in [1.165, 1.54) is 7.11 Å². The van der Waals surface area contributed by atoms with Crippen LogP contribution in [0.1, 0.15) is 0 Å². The van der Waals surface area contributed by atoms with Crippen LogP contribution in [0, 0.1) is 13.8 Å². The molecule has 1 atom stereocenters. The Morgan fingerprint density at radius 3 is 2.80 bits per heavy atom. The summed E-state index contributed by atoms with van der Waals surface area (Å²) in [5.74, 6) is 0. The number of rotatable bonds is 6. The average molecular weight is 147 g/mol. The van der Waals surface area contributed by atoms with Crippen molar-refractivity contribution in [1.82, 2.24) is 5.64 Å². The zero-order valence-corrected chi connectivity index (χ0v) is 6.13. The second kappa shape index (κ2) is 6.95. The lowest BCUT2D eigenvalue weighted by Crippen LogP contribution is -2.22. The predicted octanol–water partition coefficient (Wildman–Crippen LogP) is 0.122. The molecule has 10 heavy (non-hydrogen) atoms. The first kappa shape index (κ1) is 9.84. The van der Waals surface area contributed by atoms with Crippen LogP contribution >= 0.6 is 0 Å². The van der Waals surface area contributed by atoms with E-state index < -0.39 is 0 Å². The summed E-state index contributed by atoms with van der Waals surface area (Å²) >= 11 is 0. The van der Waals surface area contributed by atoms with E-state index in [9.17, 15) is 0 Å². The monoisotopic (exact) mass is 147 g/mol. The lowest BCUT2D eigenvalue weighted by Gasteiger charge is -2.10. The Morgan fingerprint density at radius 2 is 2.30 bits per heavy atom. The second-order valence-electron chi connectivity index (χ2n) is 1.59. The first-order valence-electron chi connectivity index (χ1n) is 2.95. The van der Waals surface area contributed by atoms with Gasteiger partial charge in [-0.05, 0) is 13.8 Å². The molecule has 0 aliphatic rings. The van der Waals surface area contributed by atoms with E-state index in [1.54, 1.807) is 0 Å². The van der Waals surface area contributed by atoms with Crippen LogP contribution < -0.4 is 5.64 Å². The SMILES string of the molecule is [CH2]COC([CH2])CONOC. The van der Waals surface area contributed by atoms with E-state index in [-0.39, 0.29) is 6.10 Å². The average Bonchev–Trinajstić information content (AvgIpc) is 1.89. The van der Waals surface area contributed by atoms with Crippen LogP contribution in [0.4, 0.5) is 0 Å². The Bertz CT molecular complexity index is 70.0. The van der Waals surface area contributed by atoms with Crippen LogP contribution in [-0.4, -0.2) is 26.4 Å². The van der Waals surface area contributed by atoms with Gasteiger partial charge in [-0.15, -0.1) is 0 Å². The van der Waals surface area contributed by atoms with Gasteiger partial charge in [0.15, 0.2) is 0 Å². The molecule has 2 radical (unpaired) electrons. The molecule has 0 rings (SSSR count). The highest BCUT2D eigenvalue weighted by Crippen LogP contribution is 1.87. The molecule has 0 aromatic carbocycles. The smallest absolute Gasteiger partial charge is 0.0971 e. The molecule has 1 N–H and O–H groups in total. The van der Waals surface area contributed by atoms with Gasteiger partial charge in [0, 0.05) is 6.61 Å². The Hall–Kier alpha value is -0.160. The van der Waals surface area contributed by atoms with Crippen LogP contribution in [-0.2, 0) is 14.4 Å². The van der Waals surface area contributed by atoms with Crippen molar-refractivity contribution in [3.05, 3.63) is 13.8 Å². The van der Waals surface area contributed by atoms with Crippen molar-refractivity contribution in [3.63, 3.8) is 0 Å². The molecule has 4 nitrogen and oxygen atoms in total. The fourth-order valence-electron chi connectivity index (χ4n) is 0.401. The minimum atomic E-state index is -0.208. The van der Waals surface area contributed by atoms with Crippen molar-refractivity contribution in [2.24, 2.45) is 0 Å². The highest BCUT2D eigenvalue weighted by molar-refractivity contribution is 4.57. The molecule has 0 heterocycles. The zero-order chi connectivity index (χ0) is 7.82. The quantitative estimate of drug-likeness (QED) is 0.428. The van der Waals surface area contributed by atoms with Gasteiger partial charge >= 0.3 is 0 Å². The molecule has 0 saturated heterocycles. The van der Waals surface area contributed by atoms with Crippen molar-refractivity contribution in [2.75, 3.05) is 20.3 Å². The molecule has 0 fully saturated rings. The maximum Gasteiger partial charge on any atom is 0.0971 e. The number of hydrogen-bond acceptors (Lipinski definition) is 4.